The Bertz CT molecular complexity index is 778. The summed E-state index contributed by atoms with van der Waals surface area (Å²) in [5.41, 5.74) is -0.456. The Hall–Kier alpha value is -2.22. The minimum atomic E-state index is -4.29. The number of rotatable bonds is 4. The molecule has 0 heterocycles. The molecular weight excluding hydrogens is 307 g/mol. The van der Waals surface area contributed by atoms with Gasteiger partial charge >= 0.3 is 0 Å². The van der Waals surface area contributed by atoms with E-state index in [1.54, 1.807) is 0 Å². The van der Waals surface area contributed by atoms with Crippen LogP contribution in [0.4, 0.5) is 18.9 Å². The van der Waals surface area contributed by atoms with Crippen molar-refractivity contribution in [3.05, 3.63) is 53.8 Å². The number of hydrogen-bond acceptors (Lipinski definition) is 3. The SMILES string of the molecule is COc1ccc(F)cc1S(=O)(=O)Nc1ccc(F)cc1F. The maximum atomic E-state index is 13.5. The van der Waals surface area contributed by atoms with Crippen LogP contribution in [0.1, 0.15) is 0 Å². The molecule has 0 aliphatic rings. The first-order chi connectivity index (χ1) is 9.83. The highest BCUT2D eigenvalue weighted by Crippen LogP contribution is 2.27. The monoisotopic (exact) mass is 317 g/mol. The quantitative estimate of drug-likeness (QED) is 0.943. The summed E-state index contributed by atoms with van der Waals surface area (Å²) in [6.07, 6.45) is 0. The number of anilines is 1. The van der Waals surface area contributed by atoms with Gasteiger partial charge in [-0.05, 0) is 30.3 Å². The van der Waals surface area contributed by atoms with Crippen molar-refractivity contribution in [2.24, 2.45) is 0 Å². The van der Waals surface area contributed by atoms with Crippen LogP contribution in [0.25, 0.3) is 0 Å². The van der Waals surface area contributed by atoms with Crippen LogP contribution in [0.5, 0.6) is 5.75 Å². The standard InChI is InChI=1S/C13H10F3NO3S/c1-20-12-5-3-9(15)7-13(12)21(18,19)17-11-4-2-8(14)6-10(11)16/h2-7,17H,1H3. The largest absolute Gasteiger partial charge is 0.495 e. The molecule has 8 heteroatoms. The number of nitrogens with one attached hydrogen (secondary N) is 1. The molecule has 0 bridgehead atoms. The fourth-order valence-corrected chi connectivity index (χ4v) is 2.88. The van der Waals surface area contributed by atoms with Crippen molar-refractivity contribution in [3.8, 4) is 5.75 Å². The van der Waals surface area contributed by atoms with Crippen LogP contribution >= 0.6 is 0 Å². The second-order valence-electron chi connectivity index (χ2n) is 4.02. The second-order valence-corrected chi connectivity index (χ2v) is 5.68. The smallest absolute Gasteiger partial charge is 0.265 e. The Morgan fingerprint density at radius 1 is 1.00 bits per heavy atom. The number of sulfonamides is 1. The highest BCUT2D eigenvalue weighted by molar-refractivity contribution is 7.92. The Balaban J connectivity index is 2.45. The fourth-order valence-electron chi connectivity index (χ4n) is 1.63. The maximum absolute atomic E-state index is 13.5. The van der Waals surface area contributed by atoms with E-state index in [0.717, 1.165) is 30.3 Å². The normalized spacial score (nSPS) is 11.2. The lowest BCUT2D eigenvalue weighted by Crippen LogP contribution is -2.15. The van der Waals surface area contributed by atoms with Gasteiger partial charge in [0.25, 0.3) is 10.0 Å². The molecular formula is C13H10F3NO3S. The van der Waals surface area contributed by atoms with E-state index in [1.165, 1.54) is 7.11 Å². The van der Waals surface area contributed by atoms with Gasteiger partial charge in [-0.2, -0.15) is 0 Å². The molecule has 0 aliphatic carbocycles. The minimum absolute atomic E-state index is 0.105. The lowest BCUT2D eigenvalue weighted by molar-refractivity contribution is 0.401. The predicted molar refractivity (Wildman–Crippen MR) is 70.1 cm³/mol. The summed E-state index contributed by atoms with van der Waals surface area (Å²) in [7, 11) is -3.08. The summed E-state index contributed by atoms with van der Waals surface area (Å²) in [5.74, 6) is -2.84. The van der Waals surface area contributed by atoms with Crippen molar-refractivity contribution in [2.45, 2.75) is 4.90 Å². The third-order valence-corrected chi connectivity index (χ3v) is 3.98. The van der Waals surface area contributed by atoms with Gasteiger partial charge in [-0.15, -0.1) is 0 Å². The highest BCUT2D eigenvalue weighted by Gasteiger charge is 2.22. The van der Waals surface area contributed by atoms with Crippen LogP contribution < -0.4 is 9.46 Å². The number of benzene rings is 2. The molecule has 0 aliphatic heterocycles. The van der Waals surface area contributed by atoms with Gasteiger partial charge in [-0.3, -0.25) is 4.72 Å². The van der Waals surface area contributed by atoms with Crippen molar-refractivity contribution < 1.29 is 26.3 Å². The second kappa shape index (κ2) is 5.65. The first-order valence-corrected chi connectivity index (χ1v) is 7.13. The van der Waals surface area contributed by atoms with Crippen LogP contribution in [0.15, 0.2) is 41.3 Å². The van der Waals surface area contributed by atoms with E-state index in [0.29, 0.717) is 6.07 Å². The van der Waals surface area contributed by atoms with E-state index >= 15 is 0 Å². The Morgan fingerprint density at radius 3 is 2.24 bits per heavy atom. The molecule has 0 spiro atoms. The van der Waals surface area contributed by atoms with Crippen molar-refractivity contribution in [2.75, 3.05) is 11.8 Å². The van der Waals surface area contributed by atoms with E-state index in [4.69, 9.17) is 4.74 Å². The van der Waals surface area contributed by atoms with Crippen LogP contribution in [0, 0.1) is 17.5 Å². The number of halogens is 3. The number of ether oxygens (including phenoxy) is 1. The Labute approximate surface area is 119 Å². The summed E-state index contributed by atoms with van der Waals surface area (Å²) in [5, 5.41) is 0. The number of methoxy groups -OCH3 is 1. The van der Waals surface area contributed by atoms with Crippen molar-refractivity contribution in [1.29, 1.82) is 0 Å². The zero-order valence-corrected chi connectivity index (χ0v) is 11.5. The molecule has 2 aromatic carbocycles. The summed E-state index contributed by atoms with van der Waals surface area (Å²) < 4.78 is 70.5. The average molecular weight is 317 g/mol. The molecule has 0 fully saturated rings. The average Bonchev–Trinajstić information content (AvgIpc) is 2.42. The first kappa shape index (κ1) is 15.2. The van der Waals surface area contributed by atoms with Gasteiger partial charge in [0.2, 0.25) is 0 Å². The van der Waals surface area contributed by atoms with Gasteiger partial charge in [0, 0.05) is 6.07 Å². The van der Waals surface area contributed by atoms with Gasteiger partial charge < -0.3 is 4.74 Å². The zero-order valence-electron chi connectivity index (χ0n) is 10.7. The molecule has 0 amide bonds. The van der Waals surface area contributed by atoms with E-state index in [1.807, 2.05) is 4.72 Å². The molecule has 0 saturated carbocycles. The molecule has 2 aromatic rings. The fraction of sp³-hybridized carbons (Fsp3) is 0.0769. The van der Waals surface area contributed by atoms with Crippen LogP contribution in [0.3, 0.4) is 0 Å². The Kier molecular flexibility index (Phi) is 4.08. The molecule has 0 aromatic heterocycles. The third kappa shape index (κ3) is 3.27. The highest BCUT2D eigenvalue weighted by atomic mass is 32.2. The molecule has 0 unspecified atom stereocenters. The first-order valence-electron chi connectivity index (χ1n) is 5.65. The Morgan fingerprint density at radius 2 is 1.62 bits per heavy atom. The van der Waals surface area contributed by atoms with Gasteiger partial charge in [0.05, 0.1) is 12.8 Å². The lowest BCUT2D eigenvalue weighted by atomic mass is 10.3. The van der Waals surface area contributed by atoms with E-state index < -0.39 is 38.1 Å². The van der Waals surface area contributed by atoms with Crippen molar-refractivity contribution in [3.63, 3.8) is 0 Å². The minimum Gasteiger partial charge on any atom is -0.495 e. The van der Waals surface area contributed by atoms with Gasteiger partial charge in [0.15, 0.2) is 0 Å². The van der Waals surface area contributed by atoms with Crippen molar-refractivity contribution in [1.82, 2.24) is 0 Å². The van der Waals surface area contributed by atoms with Crippen LogP contribution in [-0.4, -0.2) is 15.5 Å². The van der Waals surface area contributed by atoms with E-state index in [9.17, 15) is 21.6 Å². The molecule has 0 saturated heterocycles. The van der Waals surface area contributed by atoms with Crippen LogP contribution in [0.2, 0.25) is 0 Å². The molecule has 1 N–H and O–H groups in total. The predicted octanol–water partition coefficient (Wildman–Crippen LogP) is 2.91. The van der Waals surface area contributed by atoms with E-state index in [-0.39, 0.29) is 5.75 Å². The number of hydrogen-bond donors (Lipinski definition) is 1. The molecule has 2 rings (SSSR count). The summed E-state index contributed by atoms with van der Waals surface area (Å²) >= 11 is 0. The molecule has 0 radical (unpaired) electrons. The molecule has 0 atom stereocenters. The van der Waals surface area contributed by atoms with Gasteiger partial charge in [-0.1, -0.05) is 0 Å². The topological polar surface area (TPSA) is 55.4 Å². The van der Waals surface area contributed by atoms with Crippen LogP contribution in [-0.2, 0) is 10.0 Å². The van der Waals surface area contributed by atoms with Gasteiger partial charge in [0.1, 0.15) is 28.1 Å². The third-order valence-electron chi connectivity index (χ3n) is 2.59. The van der Waals surface area contributed by atoms with E-state index in [2.05, 4.69) is 0 Å². The molecule has 112 valence electrons. The maximum Gasteiger partial charge on any atom is 0.265 e. The summed E-state index contributed by atoms with van der Waals surface area (Å²) in [4.78, 5) is -0.492. The zero-order chi connectivity index (χ0) is 15.6. The lowest BCUT2D eigenvalue weighted by Gasteiger charge is -2.12. The molecule has 21 heavy (non-hydrogen) atoms. The van der Waals surface area contributed by atoms with Gasteiger partial charge in [-0.25, -0.2) is 21.6 Å². The molecule has 4 nitrogen and oxygen atoms in total. The summed E-state index contributed by atoms with van der Waals surface area (Å²) in [6.45, 7) is 0. The van der Waals surface area contributed by atoms with Crippen molar-refractivity contribution >= 4 is 15.7 Å². The summed E-state index contributed by atoms with van der Waals surface area (Å²) in [6, 6.07) is 5.24.